The van der Waals surface area contributed by atoms with E-state index in [0.717, 1.165) is 42.5 Å². The molecule has 0 atom stereocenters. The number of carbonyl (C=O) groups excluding carboxylic acids is 2. The van der Waals surface area contributed by atoms with Crippen molar-refractivity contribution < 1.29 is 9.59 Å². The summed E-state index contributed by atoms with van der Waals surface area (Å²) in [6.07, 6.45) is 5.52. The van der Waals surface area contributed by atoms with Gasteiger partial charge < -0.3 is 16.0 Å². The van der Waals surface area contributed by atoms with E-state index in [-0.39, 0.29) is 24.4 Å². The molecule has 0 aliphatic heterocycles. The molecule has 29 heavy (non-hydrogen) atoms. The van der Waals surface area contributed by atoms with Crippen LogP contribution in [0.2, 0.25) is 5.02 Å². The summed E-state index contributed by atoms with van der Waals surface area (Å²) in [5.74, 6) is -0.375. The zero-order chi connectivity index (χ0) is 20.8. The minimum absolute atomic E-state index is 0.137. The molecule has 1 aliphatic rings. The van der Waals surface area contributed by atoms with Gasteiger partial charge in [0.05, 0.1) is 17.1 Å². The Morgan fingerprint density at radius 3 is 2.41 bits per heavy atom. The smallest absolute Gasteiger partial charge is 0.253 e. The number of rotatable bonds is 6. The maximum atomic E-state index is 12.6. The number of anilines is 2. The molecule has 2 aromatic rings. The van der Waals surface area contributed by atoms with Crippen molar-refractivity contribution in [1.29, 1.82) is 0 Å². The van der Waals surface area contributed by atoms with E-state index in [9.17, 15) is 9.59 Å². The van der Waals surface area contributed by atoms with Crippen LogP contribution in [-0.2, 0) is 4.79 Å². The average molecular weight is 414 g/mol. The number of halogens is 1. The molecule has 0 aromatic heterocycles. The molecule has 1 fully saturated rings. The van der Waals surface area contributed by atoms with Crippen molar-refractivity contribution in [3.63, 3.8) is 0 Å². The Labute approximate surface area is 177 Å². The number of amides is 2. The Morgan fingerprint density at radius 2 is 1.72 bits per heavy atom. The van der Waals surface area contributed by atoms with E-state index in [2.05, 4.69) is 16.0 Å². The topological polar surface area (TPSA) is 70.2 Å². The molecule has 1 aliphatic carbocycles. The van der Waals surface area contributed by atoms with Crippen molar-refractivity contribution in [2.45, 2.75) is 52.0 Å². The lowest BCUT2D eigenvalue weighted by atomic mass is 9.95. The van der Waals surface area contributed by atoms with Crippen molar-refractivity contribution in [1.82, 2.24) is 5.32 Å². The summed E-state index contributed by atoms with van der Waals surface area (Å²) >= 11 is 6.24. The standard InChI is InChI=1S/C23H28ClN3O2/c1-15-7-6-8-16(2)22(15)25-14-21(28)26-18-11-12-20(24)19(13-18)23(29)27-17-9-4-3-5-10-17/h6-8,11-13,17,25H,3-5,9-10,14H2,1-2H3,(H,26,28)(H,27,29). The first-order valence-corrected chi connectivity index (χ1v) is 10.5. The van der Waals surface area contributed by atoms with Crippen molar-refractivity contribution in [3.8, 4) is 0 Å². The fourth-order valence-corrected chi connectivity index (χ4v) is 3.96. The van der Waals surface area contributed by atoms with Gasteiger partial charge in [-0.1, -0.05) is 49.1 Å². The van der Waals surface area contributed by atoms with Gasteiger partial charge in [0, 0.05) is 17.4 Å². The van der Waals surface area contributed by atoms with E-state index in [1.807, 2.05) is 32.0 Å². The van der Waals surface area contributed by atoms with Crippen molar-refractivity contribution in [2.24, 2.45) is 0 Å². The molecule has 0 bridgehead atoms. The highest BCUT2D eigenvalue weighted by Crippen LogP contribution is 2.23. The summed E-state index contributed by atoms with van der Waals surface area (Å²) in [5, 5.41) is 9.47. The van der Waals surface area contributed by atoms with Gasteiger partial charge in [-0.2, -0.15) is 0 Å². The lowest BCUT2D eigenvalue weighted by Gasteiger charge is -2.23. The molecule has 0 spiro atoms. The quantitative estimate of drug-likeness (QED) is 0.619. The number of hydrogen-bond donors (Lipinski definition) is 3. The van der Waals surface area contributed by atoms with Gasteiger partial charge in [0.1, 0.15) is 0 Å². The van der Waals surface area contributed by atoms with Crippen LogP contribution < -0.4 is 16.0 Å². The number of benzene rings is 2. The summed E-state index contributed by atoms with van der Waals surface area (Å²) in [4.78, 5) is 25.0. The van der Waals surface area contributed by atoms with Crippen molar-refractivity contribution in [2.75, 3.05) is 17.2 Å². The Bertz CT molecular complexity index is 871. The first-order chi connectivity index (χ1) is 13.9. The number of carbonyl (C=O) groups is 2. The second kappa shape index (κ2) is 9.79. The highest BCUT2D eigenvalue weighted by molar-refractivity contribution is 6.34. The molecule has 0 heterocycles. The monoisotopic (exact) mass is 413 g/mol. The molecule has 6 heteroatoms. The van der Waals surface area contributed by atoms with Gasteiger partial charge in [0.2, 0.25) is 5.91 Å². The van der Waals surface area contributed by atoms with Crippen LogP contribution in [0.4, 0.5) is 11.4 Å². The highest BCUT2D eigenvalue weighted by atomic mass is 35.5. The van der Waals surface area contributed by atoms with Crippen LogP contribution in [0, 0.1) is 13.8 Å². The third kappa shape index (κ3) is 5.73. The van der Waals surface area contributed by atoms with Gasteiger partial charge in [-0.25, -0.2) is 0 Å². The second-order valence-electron chi connectivity index (χ2n) is 7.67. The van der Waals surface area contributed by atoms with Crippen LogP contribution in [0.15, 0.2) is 36.4 Å². The van der Waals surface area contributed by atoms with Crippen LogP contribution in [0.25, 0.3) is 0 Å². The van der Waals surface area contributed by atoms with Gasteiger partial charge in [-0.15, -0.1) is 0 Å². The molecular weight excluding hydrogens is 386 g/mol. The predicted octanol–water partition coefficient (Wildman–Crippen LogP) is 5.07. The zero-order valence-electron chi connectivity index (χ0n) is 17.0. The first kappa shape index (κ1) is 21.2. The minimum atomic E-state index is -0.188. The normalized spacial score (nSPS) is 14.3. The molecule has 2 aromatic carbocycles. The summed E-state index contributed by atoms with van der Waals surface area (Å²) < 4.78 is 0. The van der Waals surface area contributed by atoms with E-state index in [0.29, 0.717) is 16.3 Å². The third-order valence-corrected chi connectivity index (χ3v) is 5.67. The van der Waals surface area contributed by atoms with Crippen LogP contribution in [0.5, 0.6) is 0 Å². The Morgan fingerprint density at radius 1 is 1.03 bits per heavy atom. The van der Waals surface area contributed by atoms with Gasteiger partial charge in [-0.3, -0.25) is 9.59 Å². The van der Waals surface area contributed by atoms with Crippen LogP contribution in [0.3, 0.4) is 0 Å². The summed E-state index contributed by atoms with van der Waals surface area (Å²) in [6.45, 7) is 4.14. The number of para-hydroxylation sites is 1. The van der Waals surface area contributed by atoms with Crippen LogP contribution in [0.1, 0.15) is 53.6 Å². The van der Waals surface area contributed by atoms with Crippen molar-refractivity contribution in [3.05, 3.63) is 58.1 Å². The largest absolute Gasteiger partial charge is 0.376 e. The summed E-state index contributed by atoms with van der Waals surface area (Å²) in [6, 6.07) is 11.2. The molecular formula is C23H28ClN3O2. The predicted molar refractivity (Wildman–Crippen MR) is 119 cm³/mol. The molecule has 5 nitrogen and oxygen atoms in total. The Balaban J connectivity index is 1.61. The van der Waals surface area contributed by atoms with E-state index in [4.69, 9.17) is 11.6 Å². The lowest BCUT2D eigenvalue weighted by Crippen LogP contribution is -2.36. The fraction of sp³-hybridized carbons (Fsp3) is 0.391. The Hall–Kier alpha value is -2.53. The maximum absolute atomic E-state index is 12.6. The molecule has 1 saturated carbocycles. The van der Waals surface area contributed by atoms with E-state index in [1.165, 1.54) is 6.42 Å². The third-order valence-electron chi connectivity index (χ3n) is 5.34. The minimum Gasteiger partial charge on any atom is -0.376 e. The van der Waals surface area contributed by atoms with Crippen LogP contribution >= 0.6 is 11.6 Å². The zero-order valence-corrected chi connectivity index (χ0v) is 17.7. The molecule has 3 rings (SSSR count). The number of hydrogen-bond acceptors (Lipinski definition) is 3. The average Bonchev–Trinajstić information content (AvgIpc) is 2.70. The van der Waals surface area contributed by atoms with Gasteiger partial charge in [-0.05, 0) is 56.0 Å². The highest BCUT2D eigenvalue weighted by Gasteiger charge is 2.19. The van der Waals surface area contributed by atoms with Crippen molar-refractivity contribution >= 4 is 34.8 Å². The van der Waals surface area contributed by atoms with Gasteiger partial charge >= 0.3 is 0 Å². The molecule has 0 unspecified atom stereocenters. The fourth-order valence-electron chi connectivity index (χ4n) is 3.75. The molecule has 3 N–H and O–H groups in total. The molecule has 0 radical (unpaired) electrons. The summed E-state index contributed by atoms with van der Waals surface area (Å²) in [5.41, 5.74) is 4.08. The first-order valence-electron chi connectivity index (χ1n) is 10.1. The lowest BCUT2D eigenvalue weighted by molar-refractivity contribution is -0.114. The molecule has 154 valence electrons. The van der Waals surface area contributed by atoms with E-state index >= 15 is 0 Å². The van der Waals surface area contributed by atoms with E-state index < -0.39 is 0 Å². The van der Waals surface area contributed by atoms with E-state index in [1.54, 1.807) is 18.2 Å². The summed E-state index contributed by atoms with van der Waals surface area (Å²) in [7, 11) is 0. The Kier molecular flexibility index (Phi) is 7.15. The van der Waals surface area contributed by atoms with Gasteiger partial charge in [0.25, 0.3) is 5.91 Å². The maximum Gasteiger partial charge on any atom is 0.253 e. The molecule has 2 amide bonds. The van der Waals surface area contributed by atoms with Crippen LogP contribution in [-0.4, -0.2) is 24.4 Å². The second-order valence-corrected chi connectivity index (χ2v) is 8.08. The molecule has 0 saturated heterocycles. The van der Waals surface area contributed by atoms with Gasteiger partial charge in [0.15, 0.2) is 0 Å². The SMILES string of the molecule is Cc1cccc(C)c1NCC(=O)Nc1ccc(Cl)c(C(=O)NC2CCCCC2)c1. The number of nitrogens with one attached hydrogen (secondary N) is 3. The number of aryl methyl sites for hydroxylation is 2.